The van der Waals surface area contributed by atoms with Crippen molar-refractivity contribution in [3.05, 3.63) is 33.9 Å². The second-order valence-corrected chi connectivity index (χ2v) is 4.58. The fraction of sp³-hybridized carbons (Fsp3) is 0.462. The van der Waals surface area contributed by atoms with E-state index in [9.17, 15) is 10.1 Å². The number of nitrogens with one attached hydrogen (secondary N) is 2. The third-order valence-electron chi connectivity index (χ3n) is 3.31. The first-order valence-corrected chi connectivity index (χ1v) is 6.37. The van der Waals surface area contributed by atoms with Crippen LogP contribution in [0.5, 0.6) is 0 Å². The van der Waals surface area contributed by atoms with Gasteiger partial charge in [-0.15, -0.1) is 0 Å². The van der Waals surface area contributed by atoms with Gasteiger partial charge >= 0.3 is 5.69 Å². The molecular formula is C13H16N4O2. The van der Waals surface area contributed by atoms with E-state index in [2.05, 4.69) is 10.6 Å². The normalized spacial score (nSPS) is 17.9. The molecule has 1 aliphatic heterocycles. The zero-order chi connectivity index (χ0) is 13.7. The van der Waals surface area contributed by atoms with Gasteiger partial charge in [0.2, 0.25) is 0 Å². The first kappa shape index (κ1) is 13.3. The predicted octanol–water partition coefficient (Wildman–Crippen LogP) is 2.02. The molecular weight excluding hydrogens is 244 g/mol. The van der Waals surface area contributed by atoms with Crippen LogP contribution in [0.15, 0.2) is 18.2 Å². The zero-order valence-corrected chi connectivity index (χ0v) is 10.6. The van der Waals surface area contributed by atoms with Gasteiger partial charge in [0.25, 0.3) is 0 Å². The Hall–Kier alpha value is -2.13. The molecule has 1 aromatic carbocycles. The Morgan fingerprint density at radius 2 is 2.42 bits per heavy atom. The Bertz CT molecular complexity index is 504. The van der Waals surface area contributed by atoms with Crippen LogP contribution in [0.2, 0.25) is 0 Å². The van der Waals surface area contributed by atoms with Crippen LogP contribution < -0.4 is 10.6 Å². The Balaban J connectivity index is 2.03. The second kappa shape index (κ2) is 6.16. The van der Waals surface area contributed by atoms with Crippen molar-refractivity contribution < 1.29 is 4.92 Å². The number of nitro groups is 1. The summed E-state index contributed by atoms with van der Waals surface area (Å²) in [6.45, 7) is 1.71. The predicted molar refractivity (Wildman–Crippen MR) is 71.9 cm³/mol. The van der Waals surface area contributed by atoms with Gasteiger partial charge in [0.05, 0.1) is 4.92 Å². The molecule has 1 aromatic rings. The van der Waals surface area contributed by atoms with Crippen LogP contribution in [0.1, 0.15) is 24.8 Å². The van der Waals surface area contributed by atoms with Crippen molar-refractivity contribution in [1.29, 1.82) is 5.26 Å². The summed E-state index contributed by atoms with van der Waals surface area (Å²) in [6.07, 6.45) is 3.27. The van der Waals surface area contributed by atoms with E-state index in [1.165, 1.54) is 12.5 Å². The molecule has 2 N–H and O–H groups in total. The van der Waals surface area contributed by atoms with E-state index in [0.29, 0.717) is 18.3 Å². The third kappa shape index (κ3) is 3.20. The van der Waals surface area contributed by atoms with E-state index >= 15 is 0 Å². The van der Waals surface area contributed by atoms with E-state index in [1.54, 1.807) is 12.1 Å². The van der Waals surface area contributed by atoms with Gasteiger partial charge in [-0.3, -0.25) is 10.1 Å². The molecule has 0 bridgehead atoms. The van der Waals surface area contributed by atoms with Crippen molar-refractivity contribution >= 4 is 11.4 Å². The minimum absolute atomic E-state index is 0.0917. The highest BCUT2D eigenvalue weighted by Crippen LogP contribution is 2.28. The van der Waals surface area contributed by atoms with Crippen LogP contribution >= 0.6 is 0 Å². The van der Waals surface area contributed by atoms with E-state index in [-0.39, 0.29) is 11.3 Å². The van der Waals surface area contributed by atoms with Gasteiger partial charge in [-0.1, -0.05) is 6.07 Å². The summed E-state index contributed by atoms with van der Waals surface area (Å²) >= 11 is 0. The molecule has 19 heavy (non-hydrogen) atoms. The first-order valence-electron chi connectivity index (χ1n) is 6.37. The minimum Gasteiger partial charge on any atom is -0.379 e. The highest BCUT2D eigenvalue weighted by Gasteiger charge is 2.19. The molecule has 0 amide bonds. The Morgan fingerprint density at radius 3 is 3.05 bits per heavy atom. The van der Waals surface area contributed by atoms with Crippen molar-refractivity contribution in [3.8, 4) is 6.07 Å². The molecule has 0 radical (unpaired) electrons. The average Bonchev–Trinajstić information content (AvgIpc) is 2.91. The minimum atomic E-state index is -0.505. The topological polar surface area (TPSA) is 91.0 Å². The summed E-state index contributed by atoms with van der Waals surface area (Å²) in [5, 5.41) is 26.4. The fourth-order valence-corrected chi connectivity index (χ4v) is 2.36. The van der Waals surface area contributed by atoms with Gasteiger partial charge < -0.3 is 10.6 Å². The zero-order valence-electron chi connectivity index (χ0n) is 10.6. The number of hydrogen-bond acceptors (Lipinski definition) is 5. The summed E-state index contributed by atoms with van der Waals surface area (Å²) in [7, 11) is 0. The summed E-state index contributed by atoms with van der Waals surface area (Å²) in [5.74, 6) is 0. The molecule has 6 nitrogen and oxygen atoms in total. The molecule has 1 atom stereocenters. The van der Waals surface area contributed by atoms with Gasteiger partial charge in [-0.2, -0.15) is 5.26 Å². The SMILES string of the molecule is N#Cc1cccc(NCC[C@@H]2CCCN2)c1[N+](=O)[O-]. The summed E-state index contributed by atoms with van der Waals surface area (Å²) in [4.78, 5) is 10.5. The van der Waals surface area contributed by atoms with Gasteiger partial charge in [0.1, 0.15) is 17.3 Å². The fourth-order valence-electron chi connectivity index (χ4n) is 2.36. The Morgan fingerprint density at radius 1 is 1.58 bits per heavy atom. The lowest BCUT2D eigenvalue weighted by Gasteiger charge is -2.12. The van der Waals surface area contributed by atoms with Crippen LogP contribution in [0.3, 0.4) is 0 Å². The standard InChI is InChI=1S/C13H16N4O2/c14-9-10-3-1-5-12(13(10)17(18)19)16-8-6-11-4-2-7-15-11/h1,3,5,11,15-16H,2,4,6-8H2/t11-/m0/s1. The maximum Gasteiger partial charge on any atom is 0.309 e. The molecule has 2 rings (SSSR count). The van der Waals surface area contributed by atoms with Gasteiger partial charge in [0, 0.05) is 12.6 Å². The highest BCUT2D eigenvalue weighted by molar-refractivity contribution is 5.68. The maximum atomic E-state index is 11.0. The van der Waals surface area contributed by atoms with Gasteiger partial charge in [0.15, 0.2) is 0 Å². The van der Waals surface area contributed by atoms with Crippen molar-refractivity contribution in [1.82, 2.24) is 5.32 Å². The molecule has 100 valence electrons. The second-order valence-electron chi connectivity index (χ2n) is 4.58. The van der Waals surface area contributed by atoms with Crippen LogP contribution in [0, 0.1) is 21.4 Å². The molecule has 6 heteroatoms. The Kier molecular flexibility index (Phi) is 4.31. The maximum absolute atomic E-state index is 11.0. The number of hydrogen-bond donors (Lipinski definition) is 2. The van der Waals surface area contributed by atoms with E-state index in [1.807, 2.05) is 6.07 Å². The molecule has 0 aliphatic carbocycles. The largest absolute Gasteiger partial charge is 0.379 e. The van der Waals surface area contributed by atoms with Crippen LogP contribution in [-0.2, 0) is 0 Å². The number of nitrogens with zero attached hydrogens (tertiary/aromatic N) is 2. The number of para-hydroxylation sites is 1. The number of anilines is 1. The quantitative estimate of drug-likeness (QED) is 0.624. The van der Waals surface area contributed by atoms with Crippen molar-refractivity contribution in [2.75, 3.05) is 18.4 Å². The lowest BCUT2D eigenvalue weighted by Crippen LogP contribution is -2.24. The van der Waals surface area contributed by atoms with Gasteiger partial charge in [-0.05, 0) is 37.9 Å². The number of rotatable bonds is 5. The third-order valence-corrected chi connectivity index (χ3v) is 3.31. The molecule has 1 saturated heterocycles. The van der Waals surface area contributed by atoms with E-state index < -0.39 is 4.92 Å². The molecule has 1 aliphatic rings. The molecule has 1 heterocycles. The van der Waals surface area contributed by atoms with E-state index in [0.717, 1.165) is 19.4 Å². The lowest BCUT2D eigenvalue weighted by molar-refractivity contribution is -0.384. The van der Waals surface area contributed by atoms with Gasteiger partial charge in [-0.25, -0.2) is 0 Å². The van der Waals surface area contributed by atoms with Crippen LogP contribution in [0.4, 0.5) is 11.4 Å². The molecule has 0 unspecified atom stereocenters. The summed E-state index contributed by atoms with van der Waals surface area (Å²) in [5.41, 5.74) is 0.375. The molecule has 0 spiro atoms. The smallest absolute Gasteiger partial charge is 0.309 e. The number of benzene rings is 1. The van der Waals surface area contributed by atoms with E-state index in [4.69, 9.17) is 5.26 Å². The highest BCUT2D eigenvalue weighted by atomic mass is 16.6. The molecule has 0 saturated carbocycles. The van der Waals surface area contributed by atoms with Crippen LogP contribution in [0.25, 0.3) is 0 Å². The first-order chi connectivity index (χ1) is 9.22. The van der Waals surface area contributed by atoms with Crippen LogP contribution in [-0.4, -0.2) is 24.1 Å². The monoisotopic (exact) mass is 260 g/mol. The molecule has 0 aromatic heterocycles. The summed E-state index contributed by atoms with van der Waals surface area (Å²) < 4.78 is 0. The number of nitro benzene ring substituents is 1. The van der Waals surface area contributed by atoms with Crippen molar-refractivity contribution in [3.63, 3.8) is 0 Å². The Labute approximate surface area is 111 Å². The van der Waals surface area contributed by atoms with Crippen molar-refractivity contribution in [2.24, 2.45) is 0 Å². The molecule has 1 fully saturated rings. The average molecular weight is 260 g/mol. The number of nitriles is 1. The summed E-state index contributed by atoms with van der Waals surface area (Å²) in [6, 6.07) is 7.10. The van der Waals surface area contributed by atoms with Crippen molar-refractivity contribution in [2.45, 2.75) is 25.3 Å². The lowest BCUT2D eigenvalue weighted by atomic mass is 10.1.